The standard InChI is InChI=1S/C16H20BNO2.C10H8BrN/c1-14(2)15(3,4)20-17(19-14)13-7-5-12(6-8-13)16(11-18)9-10-16;11-9-3-1-8(2-4-9)10(7-12)5-6-10/h5-8H,9-10H2,1-4H3;1-4H,5-6H2. The number of benzene rings is 2. The van der Waals surface area contributed by atoms with Gasteiger partial charge in [0.25, 0.3) is 0 Å². The summed E-state index contributed by atoms with van der Waals surface area (Å²) in [5.74, 6) is 0. The number of halogens is 1. The maximum atomic E-state index is 9.23. The molecule has 1 aliphatic heterocycles. The van der Waals surface area contributed by atoms with E-state index in [2.05, 4.69) is 55.8 Å². The van der Waals surface area contributed by atoms with Gasteiger partial charge in [-0.3, -0.25) is 0 Å². The molecule has 1 heterocycles. The van der Waals surface area contributed by atoms with E-state index in [1.54, 1.807) is 0 Å². The number of hydrogen-bond donors (Lipinski definition) is 0. The van der Waals surface area contributed by atoms with Crippen LogP contribution in [0.25, 0.3) is 0 Å². The molecule has 6 heteroatoms. The van der Waals surface area contributed by atoms with E-state index < -0.39 is 0 Å². The van der Waals surface area contributed by atoms with Gasteiger partial charge in [0.2, 0.25) is 0 Å². The molecule has 0 N–H and O–H groups in total. The van der Waals surface area contributed by atoms with Crippen molar-refractivity contribution in [3.63, 3.8) is 0 Å². The van der Waals surface area contributed by atoms with Gasteiger partial charge in [-0.2, -0.15) is 10.5 Å². The Bertz CT molecular complexity index is 1060. The van der Waals surface area contributed by atoms with Crippen LogP contribution in [0.15, 0.2) is 53.0 Å². The van der Waals surface area contributed by atoms with E-state index in [-0.39, 0.29) is 29.2 Å². The summed E-state index contributed by atoms with van der Waals surface area (Å²) in [7, 11) is -0.328. The summed E-state index contributed by atoms with van der Waals surface area (Å²) < 4.78 is 13.1. The zero-order chi connectivity index (χ0) is 23.2. The maximum Gasteiger partial charge on any atom is 0.494 e. The van der Waals surface area contributed by atoms with Crippen LogP contribution in [-0.2, 0) is 20.1 Å². The molecule has 5 rings (SSSR count). The molecule has 3 fully saturated rings. The predicted molar refractivity (Wildman–Crippen MR) is 129 cm³/mol. The van der Waals surface area contributed by atoms with Crippen molar-refractivity contribution in [3.8, 4) is 12.1 Å². The molecule has 2 aromatic rings. The SMILES string of the molecule is CC1(C)OB(c2ccc(C3(C#N)CC3)cc2)OC1(C)C.N#CC1(c2ccc(Br)cc2)CC1. The minimum Gasteiger partial charge on any atom is -0.399 e. The first-order valence-electron chi connectivity index (χ1n) is 11.1. The van der Waals surface area contributed by atoms with Gasteiger partial charge in [0, 0.05) is 4.47 Å². The fourth-order valence-corrected chi connectivity index (χ4v) is 4.15. The predicted octanol–water partition coefficient (Wildman–Crippen LogP) is 5.55. The molecule has 0 radical (unpaired) electrons. The van der Waals surface area contributed by atoms with Crippen LogP contribution in [0.4, 0.5) is 0 Å². The van der Waals surface area contributed by atoms with Crippen molar-refractivity contribution in [3.05, 3.63) is 64.1 Å². The van der Waals surface area contributed by atoms with E-state index >= 15 is 0 Å². The highest BCUT2D eigenvalue weighted by Gasteiger charge is 2.52. The lowest BCUT2D eigenvalue weighted by Crippen LogP contribution is -2.41. The third-order valence-electron chi connectivity index (χ3n) is 7.31. The Hall–Kier alpha value is -2.12. The normalized spacial score (nSPS) is 22.7. The molecule has 0 aromatic heterocycles. The zero-order valence-electron chi connectivity index (χ0n) is 19.1. The fourth-order valence-electron chi connectivity index (χ4n) is 3.89. The highest BCUT2D eigenvalue weighted by atomic mass is 79.9. The van der Waals surface area contributed by atoms with Crippen LogP contribution < -0.4 is 5.46 Å². The second-order valence-electron chi connectivity index (χ2n) is 10.1. The smallest absolute Gasteiger partial charge is 0.399 e. The summed E-state index contributed by atoms with van der Waals surface area (Å²) in [6.45, 7) is 8.21. The number of rotatable bonds is 3. The molecule has 32 heavy (non-hydrogen) atoms. The number of nitriles is 2. The lowest BCUT2D eigenvalue weighted by atomic mass is 9.78. The van der Waals surface area contributed by atoms with Gasteiger partial charge < -0.3 is 9.31 Å². The molecule has 0 amide bonds. The topological polar surface area (TPSA) is 66.0 Å². The van der Waals surface area contributed by atoms with Gasteiger partial charge in [-0.15, -0.1) is 0 Å². The van der Waals surface area contributed by atoms with Crippen LogP contribution in [0.2, 0.25) is 0 Å². The molecular formula is C26H28BBrN2O2. The van der Waals surface area contributed by atoms with E-state index in [0.29, 0.717) is 0 Å². The van der Waals surface area contributed by atoms with Gasteiger partial charge in [-0.25, -0.2) is 0 Å². The minimum absolute atomic E-state index is 0.138. The van der Waals surface area contributed by atoms with E-state index in [0.717, 1.165) is 46.7 Å². The van der Waals surface area contributed by atoms with Gasteiger partial charge in [-0.1, -0.05) is 52.3 Å². The summed E-state index contributed by atoms with van der Waals surface area (Å²) in [6.07, 6.45) is 3.98. The van der Waals surface area contributed by atoms with E-state index in [1.807, 2.05) is 48.5 Å². The number of hydrogen-bond acceptors (Lipinski definition) is 4. The van der Waals surface area contributed by atoms with E-state index in [9.17, 15) is 5.26 Å². The van der Waals surface area contributed by atoms with Crippen molar-refractivity contribution in [1.82, 2.24) is 0 Å². The van der Waals surface area contributed by atoms with Crippen LogP contribution in [0.3, 0.4) is 0 Å². The first-order valence-corrected chi connectivity index (χ1v) is 11.9. The van der Waals surface area contributed by atoms with Gasteiger partial charge in [0.05, 0.1) is 34.2 Å². The minimum atomic E-state index is -0.328. The Kier molecular flexibility index (Phi) is 5.79. The van der Waals surface area contributed by atoms with Crippen molar-refractivity contribution < 1.29 is 9.31 Å². The zero-order valence-corrected chi connectivity index (χ0v) is 20.7. The van der Waals surface area contributed by atoms with Crippen molar-refractivity contribution in [2.45, 2.75) is 75.4 Å². The summed E-state index contributed by atoms with van der Waals surface area (Å²) in [4.78, 5) is 0. The largest absolute Gasteiger partial charge is 0.494 e. The van der Waals surface area contributed by atoms with Crippen molar-refractivity contribution in [2.24, 2.45) is 0 Å². The highest BCUT2D eigenvalue weighted by Crippen LogP contribution is 2.48. The molecule has 2 aromatic carbocycles. The monoisotopic (exact) mass is 490 g/mol. The third kappa shape index (κ3) is 4.25. The molecule has 2 saturated carbocycles. The molecule has 4 nitrogen and oxygen atoms in total. The Morgan fingerprint density at radius 3 is 1.44 bits per heavy atom. The number of nitrogens with zero attached hydrogens (tertiary/aromatic N) is 2. The van der Waals surface area contributed by atoms with Crippen LogP contribution in [0.5, 0.6) is 0 Å². The molecule has 0 atom stereocenters. The summed E-state index contributed by atoms with van der Waals surface area (Å²) in [5, 5.41) is 18.1. The van der Waals surface area contributed by atoms with Crippen LogP contribution in [0, 0.1) is 22.7 Å². The van der Waals surface area contributed by atoms with Gasteiger partial charge in [0.1, 0.15) is 0 Å². The molecule has 0 unspecified atom stereocenters. The molecule has 0 bridgehead atoms. The first kappa shape index (κ1) is 23.1. The quantitative estimate of drug-likeness (QED) is 0.529. The maximum absolute atomic E-state index is 9.23. The summed E-state index contributed by atoms with van der Waals surface area (Å²) in [5.41, 5.74) is 2.28. The third-order valence-corrected chi connectivity index (χ3v) is 7.84. The van der Waals surface area contributed by atoms with Crippen LogP contribution >= 0.6 is 15.9 Å². The molecule has 0 spiro atoms. The lowest BCUT2D eigenvalue weighted by Gasteiger charge is -2.32. The van der Waals surface area contributed by atoms with Gasteiger partial charge >= 0.3 is 7.12 Å². The molecule has 2 aliphatic carbocycles. The molecule has 3 aliphatic rings. The first-order chi connectivity index (χ1) is 15.1. The van der Waals surface area contributed by atoms with Gasteiger partial charge in [-0.05, 0) is 82.1 Å². The van der Waals surface area contributed by atoms with Gasteiger partial charge in [0.15, 0.2) is 0 Å². The van der Waals surface area contributed by atoms with E-state index in [1.165, 1.54) is 0 Å². The van der Waals surface area contributed by atoms with Crippen molar-refractivity contribution in [2.75, 3.05) is 0 Å². The highest BCUT2D eigenvalue weighted by molar-refractivity contribution is 9.10. The van der Waals surface area contributed by atoms with Crippen LogP contribution in [0.1, 0.15) is 64.5 Å². The molecule has 164 valence electrons. The lowest BCUT2D eigenvalue weighted by molar-refractivity contribution is 0.00578. The Labute approximate surface area is 199 Å². The Balaban J connectivity index is 0.000000174. The fraction of sp³-hybridized carbons (Fsp3) is 0.462. The average molecular weight is 491 g/mol. The second-order valence-corrected chi connectivity index (χ2v) is 11.0. The van der Waals surface area contributed by atoms with Crippen LogP contribution in [-0.4, -0.2) is 18.3 Å². The summed E-state index contributed by atoms with van der Waals surface area (Å²) in [6, 6.07) is 21.0. The average Bonchev–Trinajstić information content (AvgIpc) is 3.68. The Morgan fingerprint density at radius 2 is 1.09 bits per heavy atom. The van der Waals surface area contributed by atoms with Crippen molar-refractivity contribution >= 4 is 28.5 Å². The molecule has 1 saturated heterocycles. The molecular weight excluding hydrogens is 463 g/mol. The second kappa shape index (κ2) is 8.03. The van der Waals surface area contributed by atoms with Crippen molar-refractivity contribution in [1.29, 1.82) is 10.5 Å². The van der Waals surface area contributed by atoms with E-state index in [4.69, 9.17) is 14.6 Å². The Morgan fingerprint density at radius 1 is 0.719 bits per heavy atom. The summed E-state index contributed by atoms with van der Waals surface area (Å²) >= 11 is 3.37.